The highest BCUT2D eigenvalue weighted by Crippen LogP contribution is 2.26. The highest BCUT2D eigenvalue weighted by Gasteiger charge is 2.19. The first kappa shape index (κ1) is 17.7. The van der Waals surface area contributed by atoms with E-state index in [1.807, 2.05) is 42.7 Å². The minimum Gasteiger partial charge on any atom is -0.325 e. The molecule has 0 bridgehead atoms. The first-order valence-electron chi connectivity index (χ1n) is 8.02. The van der Waals surface area contributed by atoms with Gasteiger partial charge in [0.05, 0.1) is 22.6 Å². The molecular formula is C19H17N5OS. The molecule has 0 radical (unpaired) electrons. The van der Waals surface area contributed by atoms with E-state index in [1.54, 1.807) is 30.6 Å². The maximum atomic E-state index is 12.5. The third-order valence-electron chi connectivity index (χ3n) is 3.80. The van der Waals surface area contributed by atoms with E-state index in [0.29, 0.717) is 16.4 Å². The Kier molecular flexibility index (Phi) is 5.34. The van der Waals surface area contributed by atoms with Gasteiger partial charge < -0.3 is 5.32 Å². The zero-order chi connectivity index (χ0) is 18.5. The van der Waals surface area contributed by atoms with Crippen LogP contribution in [0.3, 0.4) is 0 Å². The van der Waals surface area contributed by atoms with Gasteiger partial charge in [0.2, 0.25) is 5.91 Å². The molecule has 26 heavy (non-hydrogen) atoms. The number of carbonyl (C=O) groups is 1. The zero-order valence-corrected chi connectivity index (χ0v) is 15.2. The second kappa shape index (κ2) is 7.85. The number of nitriles is 1. The molecule has 6 nitrogen and oxygen atoms in total. The van der Waals surface area contributed by atoms with Crippen LogP contribution in [0.4, 0.5) is 5.69 Å². The van der Waals surface area contributed by atoms with Gasteiger partial charge in [-0.1, -0.05) is 36.0 Å². The number of aryl methyl sites for hydroxylation is 1. The molecule has 1 N–H and O–H groups in total. The Hall–Kier alpha value is -3.11. The van der Waals surface area contributed by atoms with E-state index in [2.05, 4.69) is 21.6 Å². The van der Waals surface area contributed by atoms with Crippen LogP contribution in [-0.4, -0.2) is 25.9 Å². The summed E-state index contributed by atoms with van der Waals surface area (Å²) in [5, 5.41) is 20.2. The predicted molar refractivity (Wildman–Crippen MR) is 101 cm³/mol. The van der Waals surface area contributed by atoms with Crippen LogP contribution in [0.15, 0.2) is 60.0 Å². The maximum absolute atomic E-state index is 12.5. The summed E-state index contributed by atoms with van der Waals surface area (Å²) in [6.07, 6.45) is 1.64. The Morgan fingerprint density at radius 3 is 2.85 bits per heavy atom. The van der Waals surface area contributed by atoms with Gasteiger partial charge in [-0.15, -0.1) is 10.2 Å². The van der Waals surface area contributed by atoms with Crippen LogP contribution in [0.25, 0.3) is 5.69 Å². The van der Waals surface area contributed by atoms with Crippen molar-refractivity contribution in [1.29, 1.82) is 5.26 Å². The minimum atomic E-state index is -0.382. The average Bonchev–Trinajstić information content (AvgIpc) is 3.10. The largest absolute Gasteiger partial charge is 0.325 e. The molecule has 7 heteroatoms. The molecule has 0 aliphatic carbocycles. The number of rotatable bonds is 5. The molecule has 0 unspecified atom stereocenters. The zero-order valence-electron chi connectivity index (χ0n) is 14.4. The molecule has 1 heterocycles. The molecule has 0 saturated carbocycles. The summed E-state index contributed by atoms with van der Waals surface area (Å²) in [6, 6.07) is 16.8. The van der Waals surface area contributed by atoms with E-state index in [-0.39, 0.29) is 11.2 Å². The Balaban J connectivity index is 1.73. The van der Waals surface area contributed by atoms with Crippen LogP contribution in [-0.2, 0) is 4.79 Å². The Morgan fingerprint density at radius 2 is 2.08 bits per heavy atom. The second-order valence-electron chi connectivity index (χ2n) is 5.71. The molecule has 0 saturated heterocycles. The van der Waals surface area contributed by atoms with E-state index in [0.717, 1.165) is 11.3 Å². The number of anilines is 1. The Labute approximate surface area is 155 Å². The van der Waals surface area contributed by atoms with Crippen LogP contribution in [0.5, 0.6) is 0 Å². The molecule has 0 spiro atoms. The number of hydrogen-bond donors (Lipinski definition) is 1. The molecule has 1 aromatic heterocycles. The van der Waals surface area contributed by atoms with E-state index in [4.69, 9.17) is 5.26 Å². The van der Waals surface area contributed by atoms with Crippen molar-refractivity contribution in [2.75, 3.05) is 5.32 Å². The van der Waals surface area contributed by atoms with Crippen molar-refractivity contribution in [3.05, 3.63) is 66.0 Å². The van der Waals surface area contributed by atoms with Gasteiger partial charge in [0.25, 0.3) is 0 Å². The van der Waals surface area contributed by atoms with Crippen LogP contribution >= 0.6 is 11.8 Å². The number of para-hydroxylation sites is 1. The molecule has 0 aliphatic heterocycles. The van der Waals surface area contributed by atoms with Gasteiger partial charge in [0.15, 0.2) is 5.16 Å². The summed E-state index contributed by atoms with van der Waals surface area (Å²) in [6.45, 7) is 3.83. The highest BCUT2D eigenvalue weighted by atomic mass is 32.2. The number of hydrogen-bond acceptors (Lipinski definition) is 5. The van der Waals surface area contributed by atoms with Gasteiger partial charge in [-0.2, -0.15) is 5.26 Å². The van der Waals surface area contributed by atoms with Crippen molar-refractivity contribution < 1.29 is 4.79 Å². The topological polar surface area (TPSA) is 83.6 Å². The molecule has 130 valence electrons. The minimum absolute atomic E-state index is 0.163. The fourth-order valence-electron chi connectivity index (χ4n) is 2.43. The maximum Gasteiger partial charge on any atom is 0.237 e. The number of benzene rings is 2. The molecule has 2 aromatic carbocycles. The van der Waals surface area contributed by atoms with Crippen molar-refractivity contribution in [3.8, 4) is 11.8 Å². The first-order valence-corrected chi connectivity index (χ1v) is 8.90. The summed E-state index contributed by atoms with van der Waals surface area (Å²) < 4.78 is 1.88. The number of carbonyl (C=O) groups excluding carboxylic acids is 1. The van der Waals surface area contributed by atoms with Crippen molar-refractivity contribution in [3.63, 3.8) is 0 Å². The monoisotopic (exact) mass is 363 g/mol. The van der Waals surface area contributed by atoms with Crippen molar-refractivity contribution in [1.82, 2.24) is 14.8 Å². The second-order valence-corrected chi connectivity index (χ2v) is 7.02. The third-order valence-corrected chi connectivity index (χ3v) is 4.86. The number of thioether (sulfide) groups is 1. The molecule has 1 atom stereocenters. The summed E-state index contributed by atoms with van der Waals surface area (Å²) in [5.41, 5.74) is 3.18. The van der Waals surface area contributed by atoms with E-state index < -0.39 is 0 Å². The predicted octanol–water partition coefficient (Wildman–Crippen LogP) is 3.57. The number of nitrogens with zero attached hydrogens (tertiary/aromatic N) is 4. The van der Waals surface area contributed by atoms with Gasteiger partial charge in [-0.05, 0) is 43.7 Å². The van der Waals surface area contributed by atoms with Gasteiger partial charge in [-0.25, -0.2) is 0 Å². The molecule has 3 aromatic rings. The first-order chi connectivity index (χ1) is 12.6. The quantitative estimate of drug-likeness (QED) is 0.701. The van der Waals surface area contributed by atoms with Crippen molar-refractivity contribution in [2.45, 2.75) is 24.3 Å². The van der Waals surface area contributed by atoms with Gasteiger partial charge in [0, 0.05) is 5.69 Å². The number of nitrogens with one attached hydrogen (secondary N) is 1. The van der Waals surface area contributed by atoms with Crippen molar-refractivity contribution >= 4 is 23.4 Å². The van der Waals surface area contributed by atoms with E-state index >= 15 is 0 Å². The molecule has 0 fully saturated rings. The lowest BCUT2D eigenvalue weighted by atomic mass is 10.2. The summed E-state index contributed by atoms with van der Waals surface area (Å²) in [4.78, 5) is 12.5. The molecule has 3 rings (SSSR count). The van der Waals surface area contributed by atoms with Gasteiger partial charge in [-0.3, -0.25) is 9.36 Å². The lowest BCUT2D eigenvalue weighted by molar-refractivity contribution is -0.115. The van der Waals surface area contributed by atoms with E-state index in [1.165, 1.54) is 11.8 Å². The van der Waals surface area contributed by atoms with Crippen LogP contribution in [0.1, 0.15) is 18.1 Å². The fourth-order valence-corrected chi connectivity index (χ4v) is 3.26. The Bertz CT molecular complexity index is 976. The summed E-state index contributed by atoms with van der Waals surface area (Å²) >= 11 is 1.33. The lowest BCUT2D eigenvalue weighted by Crippen LogP contribution is -2.22. The smallest absolute Gasteiger partial charge is 0.237 e. The van der Waals surface area contributed by atoms with Gasteiger partial charge >= 0.3 is 0 Å². The molecule has 1 amide bonds. The summed E-state index contributed by atoms with van der Waals surface area (Å²) in [5.74, 6) is -0.163. The SMILES string of the molecule is Cc1ccccc1-n1cnnc1S[C@H](C)C(=O)Nc1cccc(C#N)c1. The Morgan fingerprint density at radius 1 is 1.27 bits per heavy atom. The van der Waals surface area contributed by atoms with Crippen LogP contribution in [0.2, 0.25) is 0 Å². The number of aromatic nitrogens is 3. The standard InChI is InChI=1S/C19H17N5OS/c1-13-6-3-4-9-17(13)24-12-21-23-19(24)26-14(2)18(25)22-16-8-5-7-15(10-16)11-20/h3-10,12,14H,1-2H3,(H,22,25)/t14-/m1/s1. The highest BCUT2D eigenvalue weighted by molar-refractivity contribution is 8.00. The molecule has 0 aliphatic rings. The average molecular weight is 363 g/mol. The molecular weight excluding hydrogens is 346 g/mol. The third kappa shape index (κ3) is 3.92. The van der Waals surface area contributed by atoms with Crippen LogP contribution < -0.4 is 5.32 Å². The van der Waals surface area contributed by atoms with Crippen LogP contribution in [0, 0.1) is 18.3 Å². The van der Waals surface area contributed by atoms with Gasteiger partial charge in [0.1, 0.15) is 6.33 Å². The van der Waals surface area contributed by atoms with E-state index in [9.17, 15) is 4.79 Å². The normalized spacial score (nSPS) is 11.6. The fraction of sp³-hybridized carbons (Fsp3) is 0.158. The number of amides is 1. The summed E-state index contributed by atoms with van der Waals surface area (Å²) in [7, 11) is 0. The lowest BCUT2D eigenvalue weighted by Gasteiger charge is -2.13. The van der Waals surface area contributed by atoms with Crippen molar-refractivity contribution in [2.24, 2.45) is 0 Å².